The average molecular weight is 224 g/mol. The van der Waals surface area contributed by atoms with Crippen molar-refractivity contribution in [1.29, 1.82) is 0 Å². The molecule has 90 valence electrons. The van der Waals surface area contributed by atoms with Crippen molar-refractivity contribution in [1.82, 2.24) is 20.4 Å². The van der Waals surface area contributed by atoms with E-state index in [4.69, 9.17) is 4.52 Å². The van der Waals surface area contributed by atoms with E-state index >= 15 is 0 Å². The summed E-state index contributed by atoms with van der Waals surface area (Å²) >= 11 is 0. The number of nitrogens with one attached hydrogen (secondary N) is 1. The van der Waals surface area contributed by atoms with Gasteiger partial charge in [0.1, 0.15) is 0 Å². The molecule has 0 radical (unpaired) electrons. The van der Waals surface area contributed by atoms with Crippen molar-refractivity contribution < 1.29 is 4.52 Å². The van der Waals surface area contributed by atoms with Crippen molar-refractivity contribution >= 4 is 0 Å². The summed E-state index contributed by atoms with van der Waals surface area (Å²) in [5.74, 6) is 1.52. The van der Waals surface area contributed by atoms with Crippen molar-refractivity contribution in [3.63, 3.8) is 0 Å². The summed E-state index contributed by atoms with van der Waals surface area (Å²) in [6, 6.07) is 0. The molecule has 0 saturated carbocycles. The van der Waals surface area contributed by atoms with Gasteiger partial charge in [0.15, 0.2) is 5.82 Å². The summed E-state index contributed by atoms with van der Waals surface area (Å²) < 4.78 is 5.27. The fraction of sp³-hybridized carbons (Fsp3) is 0.818. The molecule has 1 saturated heterocycles. The predicted molar refractivity (Wildman–Crippen MR) is 61.1 cm³/mol. The largest absolute Gasteiger partial charge is 0.338 e. The zero-order chi connectivity index (χ0) is 11.6. The van der Waals surface area contributed by atoms with Gasteiger partial charge in [-0.15, -0.1) is 0 Å². The van der Waals surface area contributed by atoms with Crippen LogP contribution in [0.25, 0.3) is 0 Å². The minimum Gasteiger partial charge on any atom is -0.338 e. The summed E-state index contributed by atoms with van der Waals surface area (Å²) in [4.78, 5) is 6.77. The number of rotatable bonds is 2. The highest BCUT2D eigenvalue weighted by Crippen LogP contribution is 2.18. The molecule has 0 unspecified atom stereocenters. The zero-order valence-corrected chi connectivity index (χ0v) is 10.3. The van der Waals surface area contributed by atoms with E-state index in [2.05, 4.69) is 41.1 Å². The van der Waals surface area contributed by atoms with E-state index in [1.165, 1.54) is 0 Å². The average Bonchev–Trinajstić information content (AvgIpc) is 2.67. The van der Waals surface area contributed by atoms with Crippen LogP contribution in [0.2, 0.25) is 0 Å². The van der Waals surface area contributed by atoms with E-state index in [-0.39, 0.29) is 5.41 Å². The summed E-state index contributed by atoms with van der Waals surface area (Å²) in [7, 11) is 0. The lowest BCUT2D eigenvalue weighted by Crippen LogP contribution is -2.42. The maximum absolute atomic E-state index is 5.27. The smallest absolute Gasteiger partial charge is 0.240 e. The predicted octanol–water partition coefficient (Wildman–Crippen LogP) is 0.772. The molecule has 0 aromatic carbocycles. The fourth-order valence-corrected chi connectivity index (χ4v) is 1.68. The molecule has 1 N–H and O–H groups in total. The standard InChI is InChI=1S/C11H20N4O/c1-11(2,3)10-13-9(16-14-10)8-15-6-4-12-5-7-15/h12H,4-8H2,1-3H3. The first-order valence-electron chi connectivity index (χ1n) is 5.82. The molecule has 0 aliphatic carbocycles. The Balaban J connectivity index is 1.97. The Bertz CT molecular complexity index is 336. The van der Waals surface area contributed by atoms with Crippen LogP contribution in [-0.2, 0) is 12.0 Å². The Hall–Kier alpha value is -0.940. The molecule has 1 aromatic rings. The summed E-state index contributed by atoms with van der Waals surface area (Å²) in [6.07, 6.45) is 0. The van der Waals surface area contributed by atoms with Gasteiger partial charge < -0.3 is 9.84 Å². The number of nitrogens with zero attached hydrogens (tertiary/aromatic N) is 3. The highest BCUT2D eigenvalue weighted by Gasteiger charge is 2.22. The van der Waals surface area contributed by atoms with Gasteiger partial charge in [-0.1, -0.05) is 25.9 Å². The third-order valence-electron chi connectivity index (χ3n) is 2.71. The van der Waals surface area contributed by atoms with Gasteiger partial charge in [-0.2, -0.15) is 4.98 Å². The lowest BCUT2D eigenvalue weighted by molar-refractivity contribution is 0.203. The molecule has 1 fully saturated rings. The molecule has 1 aliphatic rings. The van der Waals surface area contributed by atoms with Crippen LogP contribution in [0, 0.1) is 0 Å². The monoisotopic (exact) mass is 224 g/mol. The minimum atomic E-state index is -0.0365. The van der Waals surface area contributed by atoms with E-state index < -0.39 is 0 Å². The van der Waals surface area contributed by atoms with Gasteiger partial charge in [0, 0.05) is 31.6 Å². The van der Waals surface area contributed by atoms with Gasteiger partial charge in [-0.05, 0) is 0 Å². The van der Waals surface area contributed by atoms with E-state index in [0.29, 0.717) is 0 Å². The van der Waals surface area contributed by atoms with Crippen molar-refractivity contribution in [2.75, 3.05) is 26.2 Å². The number of aromatic nitrogens is 2. The third-order valence-corrected chi connectivity index (χ3v) is 2.71. The van der Waals surface area contributed by atoms with Crippen molar-refractivity contribution in [3.05, 3.63) is 11.7 Å². The Morgan fingerprint density at radius 3 is 2.56 bits per heavy atom. The van der Waals surface area contributed by atoms with Crippen molar-refractivity contribution in [2.45, 2.75) is 32.7 Å². The highest BCUT2D eigenvalue weighted by atomic mass is 16.5. The summed E-state index contributed by atoms with van der Waals surface area (Å²) in [5.41, 5.74) is -0.0365. The molecule has 0 spiro atoms. The number of hydrogen-bond acceptors (Lipinski definition) is 5. The van der Waals surface area contributed by atoms with Crippen LogP contribution in [0.1, 0.15) is 32.5 Å². The maximum atomic E-state index is 5.27. The molecular formula is C11H20N4O. The summed E-state index contributed by atoms with van der Waals surface area (Å²) in [5, 5.41) is 7.35. The van der Waals surface area contributed by atoms with Gasteiger partial charge in [-0.25, -0.2) is 0 Å². The Labute approximate surface area is 96.2 Å². The highest BCUT2D eigenvalue weighted by molar-refractivity contribution is 4.99. The van der Waals surface area contributed by atoms with Crippen LogP contribution >= 0.6 is 0 Å². The second kappa shape index (κ2) is 4.51. The third kappa shape index (κ3) is 2.80. The van der Waals surface area contributed by atoms with Crippen LogP contribution in [-0.4, -0.2) is 41.2 Å². The first-order chi connectivity index (χ1) is 7.55. The Morgan fingerprint density at radius 1 is 1.31 bits per heavy atom. The van der Waals surface area contributed by atoms with Crippen LogP contribution in [0.3, 0.4) is 0 Å². The molecule has 5 heteroatoms. The zero-order valence-electron chi connectivity index (χ0n) is 10.3. The topological polar surface area (TPSA) is 54.2 Å². The maximum Gasteiger partial charge on any atom is 0.240 e. The van der Waals surface area contributed by atoms with E-state index in [9.17, 15) is 0 Å². The second-order valence-electron chi connectivity index (χ2n) is 5.29. The quantitative estimate of drug-likeness (QED) is 0.804. The van der Waals surface area contributed by atoms with Gasteiger partial charge in [0.05, 0.1) is 6.54 Å². The first-order valence-corrected chi connectivity index (χ1v) is 5.82. The Morgan fingerprint density at radius 2 is 2.00 bits per heavy atom. The molecule has 16 heavy (non-hydrogen) atoms. The molecular weight excluding hydrogens is 204 g/mol. The van der Waals surface area contributed by atoms with Gasteiger partial charge in [0.2, 0.25) is 5.89 Å². The van der Waals surface area contributed by atoms with E-state index in [1.54, 1.807) is 0 Å². The lowest BCUT2D eigenvalue weighted by Gasteiger charge is -2.25. The van der Waals surface area contributed by atoms with Crippen molar-refractivity contribution in [2.24, 2.45) is 0 Å². The molecule has 5 nitrogen and oxygen atoms in total. The molecule has 2 rings (SSSR count). The SMILES string of the molecule is CC(C)(C)c1noc(CN2CCNCC2)n1. The molecule has 0 bridgehead atoms. The number of hydrogen-bond donors (Lipinski definition) is 1. The van der Waals surface area contributed by atoms with Crippen LogP contribution in [0.15, 0.2) is 4.52 Å². The lowest BCUT2D eigenvalue weighted by atomic mass is 9.96. The second-order valence-corrected chi connectivity index (χ2v) is 5.29. The Kier molecular flexibility index (Phi) is 3.25. The minimum absolute atomic E-state index is 0.0365. The van der Waals surface area contributed by atoms with Crippen LogP contribution in [0.4, 0.5) is 0 Å². The van der Waals surface area contributed by atoms with Crippen molar-refractivity contribution in [3.8, 4) is 0 Å². The summed E-state index contributed by atoms with van der Waals surface area (Å²) in [6.45, 7) is 11.2. The van der Waals surface area contributed by atoms with Crippen LogP contribution < -0.4 is 5.32 Å². The van der Waals surface area contributed by atoms with Gasteiger partial charge >= 0.3 is 0 Å². The molecule has 1 aromatic heterocycles. The van der Waals surface area contributed by atoms with E-state index in [0.717, 1.165) is 44.4 Å². The normalized spacial score (nSPS) is 18.9. The first kappa shape index (κ1) is 11.5. The molecule has 1 aliphatic heterocycles. The van der Waals surface area contributed by atoms with E-state index in [1.807, 2.05) is 0 Å². The van der Waals surface area contributed by atoms with Gasteiger partial charge in [0.25, 0.3) is 0 Å². The molecule has 0 amide bonds. The fourth-order valence-electron chi connectivity index (χ4n) is 1.68. The number of piperazine rings is 1. The van der Waals surface area contributed by atoms with Gasteiger partial charge in [-0.3, -0.25) is 4.90 Å². The molecule has 2 heterocycles. The molecule has 0 atom stereocenters. The van der Waals surface area contributed by atoms with Crippen LogP contribution in [0.5, 0.6) is 0 Å².